The van der Waals surface area contributed by atoms with Crippen molar-refractivity contribution in [3.05, 3.63) is 106 Å². The maximum absolute atomic E-state index is 14.8. The molecule has 13 heteroatoms. The third-order valence-corrected chi connectivity index (χ3v) is 9.31. The Morgan fingerprint density at radius 1 is 0.800 bits per heavy atom. The molecule has 0 radical (unpaired) electrons. The molecule has 4 amide bonds. The predicted molar refractivity (Wildman–Crippen MR) is 182 cm³/mol. The van der Waals surface area contributed by atoms with Gasteiger partial charge in [-0.25, -0.2) is 13.2 Å². The smallest absolute Gasteiger partial charge is 0.255 e. The molecule has 0 spiro atoms. The average Bonchev–Trinajstić information content (AvgIpc) is 3.87. The van der Waals surface area contributed by atoms with E-state index in [1.165, 1.54) is 37.6 Å². The number of nitrogens with zero attached hydrogens (tertiary/aromatic N) is 4. The highest BCUT2D eigenvalue weighted by Gasteiger charge is 2.49. The number of aryl methyl sites for hydroxylation is 1. The zero-order chi connectivity index (χ0) is 36.3. The number of benzene rings is 2. The van der Waals surface area contributed by atoms with E-state index in [9.17, 15) is 32.3 Å². The number of halogens is 3. The predicted octanol–water partition coefficient (Wildman–Crippen LogP) is 6.43. The Balaban J connectivity index is 0.000000174. The molecule has 1 fully saturated rings. The number of hydrogen-bond acceptors (Lipinski definition) is 6. The van der Waals surface area contributed by atoms with Gasteiger partial charge in [-0.3, -0.25) is 29.1 Å². The monoisotopic (exact) mass is 684 g/mol. The number of rotatable bonds is 5. The number of aromatic nitrogens is 2. The van der Waals surface area contributed by atoms with E-state index in [-0.39, 0.29) is 40.4 Å². The van der Waals surface area contributed by atoms with Crippen LogP contribution in [0.5, 0.6) is 0 Å². The Morgan fingerprint density at radius 2 is 1.40 bits per heavy atom. The van der Waals surface area contributed by atoms with E-state index in [1.807, 2.05) is 13.8 Å². The second-order valence-corrected chi connectivity index (χ2v) is 13.6. The molecule has 258 valence electrons. The lowest BCUT2D eigenvalue weighted by Gasteiger charge is -2.19. The fraction of sp³-hybridized carbons (Fsp3) is 0.297. The molecular weight excluding hydrogens is 649 g/mol. The Hall–Kier alpha value is -5.59. The molecule has 3 aliphatic rings. The topological polar surface area (TPSA) is 125 Å². The first-order valence-electron chi connectivity index (χ1n) is 16.0. The first-order valence-corrected chi connectivity index (χ1v) is 16.0. The summed E-state index contributed by atoms with van der Waals surface area (Å²) >= 11 is 0. The van der Waals surface area contributed by atoms with Gasteiger partial charge in [-0.15, -0.1) is 0 Å². The number of likely N-dealkylation sites (N-methyl/N-ethyl adjacent to an activating group) is 1. The number of anilines is 4. The number of hydrogen-bond donors (Lipinski definition) is 2. The van der Waals surface area contributed by atoms with Gasteiger partial charge in [0.25, 0.3) is 11.8 Å². The van der Waals surface area contributed by atoms with Crippen molar-refractivity contribution >= 4 is 46.4 Å². The van der Waals surface area contributed by atoms with Crippen molar-refractivity contribution in [1.82, 2.24) is 9.97 Å². The largest absolute Gasteiger partial charge is 0.319 e. The number of carbonyl (C=O) groups excluding carboxylic acids is 4. The van der Waals surface area contributed by atoms with Crippen molar-refractivity contribution < 1.29 is 32.3 Å². The molecular formula is C37H35F3N6O4. The van der Waals surface area contributed by atoms with Crippen LogP contribution in [-0.2, 0) is 20.4 Å². The van der Waals surface area contributed by atoms with Crippen LogP contribution in [0.3, 0.4) is 0 Å². The molecule has 1 aliphatic carbocycles. The number of amides is 4. The molecule has 0 atom stereocenters. The lowest BCUT2D eigenvalue weighted by Crippen LogP contribution is -2.37. The van der Waals surface area contributed by atoms with Crippen molar-refractivity contribution in [3.63, 3.8) is 0 Å². The second kappa shape index (κ2) is 12.4. The summed E-state index contributed by atoms with van der Waals surface area (Å²) in [6, 6.07) is 10.3. The summed E-state index contributed by atoms with van der Waals surface area (Å²) in [5.74, 6) is -3.85. The van der Waals surface area contributed by atoms with Crippen LogP contribution < -0.4 is 20.4 Å². The van der Waals surface area contributed by atoms with E-state index in [0.29, 0.717) is 22.5 Å². The molecule has 2 N–H and O–H groups in total. The quantitative estimate of drug-likeness (QED) is 0.250. The molecule has 0 bridgehead atoms. The van der Waals surface area contributed by atoms with Gasteiger partial charge in [-0.1, -0.05) is 0 Å². The van der Waals surface area contributed by atoms with Crippen LogP contribution in [0, 0.1) is 24.4 Å². The van der Waals surface area contributed by atoms with Gasteiger partial charge in [-0.05, 0) is 101 Å². The summed E-state index contributed by atoms with van der Waals surface area (Å²) in [5, 5.41) is 4.86. The van der Waals surface area contributed by atoms with Gasteiger partial charge in [0.05, 0.1) is 27.9 Å². The molecule has 0 unspecified atom stereocenters. The van der Waals surface area contributed by atoms with Crippen molar-refractivity contribution in [2.45, 2.75) is 64.3 Å². The lowest BCUT2D eigenvalue weighted by atomic mass is 9.86. The number of carbonyl (C=O) groups is 4. The van der Waals surface area contributed by atoms with E-state index >= 15 is 0 Å². The summed E-state index contributed by atoms with van der Waals surface area (Å²) in [4.78, 5) is 60.4. The van der Waals surface area contributed by atoms with E-state index < -0.39 is 45.8 Å². The summed E-state index contributed by atoms with van der Waals surface area (Å²) in [6.07, 6.45) is 6.26. The summed E-state index contributed by atoms with van der Waals surface area (Å²) in [5.41, 5.74) is 0.662. The SMILES string of the molecule is CN1C(=O)C(C)(C)c2cc(F)c(NC(=O)c3ccncc3)c(F)c21.Cc1cc(C(=O)Nc2cc3c(cc2F)C(C)(C)C(=O)N3C2CC2)ccn1. The fourth-order valence-electron chi connectivity index (χ4n) is 6.31. The molecule has 50 heavy (non-hydrogen) atoms. The van der Waals surface area contributed by atoms with Gasteiger partial charge < -0.3 is 20.4 Å². The Morgan fingerprint density at radius 3 is 2.04 bits per heavy atom. The number of fused-ring (bicyclic) bond motifs is 2. The Kier molecular flexibility index (Phi) is 8.49. The summed E-state index contributed by atoms with van der Waals surface area (Å²) in [6.45, 7) is 8.62. The average molecular weight is 685 g/mol. The normalized spacial score (nSPS) is 16.7. The first kappa shape index (κ1) is 34.3. The number of pyridine rings is 2. The molecule has 2 aromatic heterocycles. The van der Waals surface area contributed by atoms with Crippen LogP contribution in [-0.4, -0.2) is 46.7 Å². The zero-order valence-corrected chi connectivity index (χ0v) is 28.3. The van der Waals surface area contributed by atoms with Gasteiger partial charge in [0.2, 0.25) is 11.8 Å². The molecule has 2 aromatic carbocycles. The molecule has 4 aromatic rings. The van der Waals surface area contributed by atoms with Crippen LogP contribution in [0.2, 0.25) is 0 Å². The highest BCUT2D eigenvalue weighted by molar-refractivity contribution is 6.11. The van der Waals surface area contributed by atoms with Gasteiger partial charge in [-0.2, -0.15) is 0 Å². The van der Waals surface area contributed by atoms with E-state index in [0.717, 1.165) is 23.8 Å². The molecule has 10 nitrogen and oxygen atoms in total. The van der Waals surface area contributed by atoms with Crippen LogP contribution in [0.15, 0.2) is 61.1 Å². The molecule has 1 saturated carbocycles. The Labute approximate surface area is 286 Å². The first-order chi connectivity index (χ1) is 23.5. The highest BCUT2D eigenvalue weighted by Crippen LogP contribution is 2.48. The van der Waals surface area contributed by atoms with E-state index in [2.05, 4.69) is 20.6 Å². The third-order valence-electron chi connectivity index (χ3n) is 9.31. The van der Waals surface area contributed by atoms with Crippen LogP contribution in [0.1, 0.15) is 78.1 Å². The molecule has 7 rings (SSSR count). The fourth-order valence-corrected chi connectivity index (χ4v) is 6.31. The summed E-state index contributed by atoms with van der Waals surface area (Å²) < 4.78 is 43.9. The van der Waals surface area contributed by atoms with Crippen LogP contribution in [0.4, 0.5) is 35.9 Å². The van der Waals surface area contributed by atoms with Crippen molar-refractivity contribution in [2.75, 3.05) is 27.5 Å². The summed E-state index contributed by atoms with van der Waals surface area (Å²) in [7, 11) is 1.42. The maximum Gasteiger partial charge on any atom is 0.255 e. The minimum atomic E-state index is -1.03. The molecule has 0 saturated heterocycles. The van der Waals surface area contributed by atoms with Gasteiger partial charge >= 0.3 is 0 Å². The number of nitrogens with one attached hydrogen (secondary N) is 2. The minimum Gasteiger partial charge on any atom is -0.319 e. The second-order valence-electron chi connectivity index (χ2n) is 13.6. The third kappa shape index (κ3) is 5.86. The standard InChI is InChI=1S/C20H20FN3O2.C17H15F2N3O2/c1-11-8-12(6-7-22-11)18(25)23-16-10-17-14(9-15(16)21)20(2,3)19(26)24(17)13-4-5-13;1-17(2)10-8-11(18)13(12(19)14(10)22(3)16(17)24)21-15(23)9-4-6-20-7-5-9/h6-10,13H,4-5H2,1-3H3,(H,23,25);4-8H,1-3H3,(H,21,23). The van der Waals surface area contributed by atoms with Crippen molar-refractivity contribution in [2.24, 2.45) is 0 Å². The van der Waals surface area contributed by atoms with Crippen LogP contribution in [0.25, 0.3) is 0 Å². The lowest BCUT2D eigenvalue weighted by molar-refractivity contribution is -0.122. The minimum absolute atomic E-state index is 0.0114. The zero-order valence-electron chi connectivity index (χ0n) is 28.3. The molecule has 4 heterocycles. The van der Waals surface area contributed by atoms with Gasteiger partial charge in [0.1, 0.15) is 17.3 Å². The van der Waals surface area contributed by atoms with Gasteiger partial charge in [0.15, 0.2) is 5.82 Å². The highest BCUT2D eigenvalue weighted by atomic mass is 19.1. The van der Waals surface area contributed by atoms with Gasteiger partial charge in [0, 0.05) is 48.5 Å². The van der Waals surface area contributed by atoms with Crippen molar-refractivity contribution in [1.29, 1.82) is 0 Å². The van der Waals surface area contributed by atoms with E-state index in [1.54, 1.807) is 50.1 Å². The molecule has 2 aliphatic heterocycles. The van der Waals surface area contributed by atoms with Crippen LogP contribution >= 0.6 is 0 Å². The Bertz CT molecular complexity index is 2080. The van der Waals surface area contributed by atoms with E-state index in [4.69, 9.17) is 0 Å². The maximum atomic E-state index is 14.8. The van der Waals surface area contributed by atoms with Crippen molar-refractivity contribution in [3.8, 4) is 0 Å².